The second kappa shape index (κ2) is 9.07. The molecule has 158 valence electrons. The summed E-state index contributed by atoms with van der Waals surface area (Å²) in [5, 5.41) is 1.91. The first-order chi connectivity index (χ1) is 15.7. The monoisotopic (exact) mass is 483 g/mol. The molecule has 4 nitrogen and oxygen atoms in total. The van der Waals surface area contributed by atoms with E-state index < -0.39 is 0 Å². The number of halogens is 1. The van der Waals surface area contributed by atoms with Gasteiger partial charge in [0.2, 0.25) is 0 Å². The van der Waals surface area contributed by atoms with Gasteiger partial charge in [-0.15, -0.1) is 0 Å². The topological polar surface area (TPSA) is 38.2 Å². The number of aryl methyl sites for hydroxylation is 1. The number of hydrogen-bond acceptors (Lipinski definition) is 4. The van der Waals surface area contributed by atoms with Gasteiger partial charge in [-0.25, -0.2) is 15.0 Å². The van der Waals surface area contributed by atoms with Crippen molar-refractivity contribution in [2.75, 3.05) is 5.06 Å². The lowest BCUT2D eigenvalue weighted by Gasteiger charge is -2.36. The van der Waals surface area contributed by atoms with E-state index >= 15 is 0 Å². The average molecular weight is 484 g/mol. The summed E-state index contributed by atoms with van der Waals surface area (Å²) in [6, 6.07) is 30.5. The molecule has 32 heavy (non-hydrogen) atoms. The molecule has 1 aliphatic rings. The highest BCUT2D eigenvalue weighted by Crippen LogP contribution is 2.37. The summed E-state index contributed by atoms with van der Waals surface area (Å²) >= 11 is 3.50. The largest absolute Gasteiger partial charge is 0.259 e. The van der Waals surface area contributed by atoms with E-state index in [0.29, 0.717) is 5.82 Å². The maximum atomic E-state index is 6.54. The molecule has 2 atom stereocenters. The van der Waals surface area contributed by atoms with Gasteiger partial charge >= 0.3 is 0 Å². The van der Waals surface area contributed by atoms with Crippen molar-refractivity contribution >= 4 is 21.7 Å². The van der Waals surface area contributed by atoms with E-state index in [1.54, 1.807) is 0 Å². The van der Waals surface area contributed by atoms with Crippen LogP contribution in [-0.4, -0.2) is 9.97 Å². The van der Waals surface area contributed by atoms with Crippen LogP contribution in [0.2, 0.25) is 0 Å². The molecule has 0 radical (unpaired) electrons. The van der Waals surface area contributed by atoms with Crippen molar-refractivity contribution in [2.45, 2.75) is 19.1 Å². The molecule has 0 unspecified atom stereocenters. The molecule has 0 aliphatic carbocycles. The quantitative estimate of drug-likeness (QED) is 0.292. The molecule has 5 heteroatoms. The van der Waals surface area contributed by atoms with Crippen LogP contribution in [0.15, 0.2) is 108 Å². The summed E-state index contributed by atoms with van der Waals surface area (Å²) in [5.41, 5.74) is 4.08. The second-order valence-corrected chi connectivity index (χ2v) is 8.62. The molecule has 2 heterocycles. The van der Waals surface area contributed by atoms with Crippen molar-refractivity contribution in [1.82, 2.24) is 9.97 Å². The molecule has 0 N–H and O–H groups in total. The van der Waals surface area contributed by atoms with Gasteiger partial charge in [0.05, 0.1) is 0 Å². The molecule has 0 spiro atoms. The zero-order chi connectivity index (χ0) is 21.9. The Bertz CT molecular complexity index is 1230. The summed E-state index contributed by atoms with van der Waals surface area (Å²) < 4.78 is 1.02. The van der Waals surface area contributed by atoms with E-state index in [-0.39, 0.29) is 12.1 Å². The third-order valence-corrected chi connectivity index (χ3v) is 5.91. The molecule has 5 rings (SSSR count). The number of benzene rings is 3. The lowest BCUT2D eigenvalue weighted by molar-refractivity contribution is 0.0386. The lowest BCUT2D eigenvalue weighted by Crippen LogP contribution is -2.33. The van der Waals surface area contributed by atoms with E-state index in [1.165, 1.54) is 0 Å². The Morgan fingerprint density at radius 2 is 1.44 bits per heavy atom. The Labute approximate surface area is 196 Å². The summed E-state index contributed by atoms with van der Waals surface area (Å²) in [5.74, 6) is 1.41. The first-order valence-electron chi connectivity index (χ1n) is 10.5. The van der Waals surface area contributed by atoms with Crippen molar-refractivity contribution < 1.29 is 4.84 Å². The minimum Gasteiger partial charge on any atom is -0.259 e. The van der Waals surface area contributed by atoms with Gasteiger partial charge in [0.1, 0.15) is 12.1 Å². The van der Waals surface area contributed by atoms with Crippen LogP contribution in [0, 0.1) is 6.92 Å². The number of anilines is 1. The SMILES string of the molecule is Cc1cc(N2O[C@H](c3ccccc3)C=C[C@@H]2c2ccccc2)nc(-c2ccc(Br)cc2)n1. The van der Waals surface area contributed by atoms with Gasteiger partial charge in [-0.05, 0) is 30.2 Å². The third kappa shape index (κ3) is 4.35. The number of aromatic nitrogens is 2. The van der Waals surface area contributed by atoms with Crippen molar-refractivity contribution in [3.05, 3.63) is 124 Å². The third-order valence-electron chi connectivity index (χ3n) is 5.39. The fourth-order valence-electron chi connectivity index (χ4n) is 3.81. The first-order valence-corrected chi connectivity index (χ1v) is 11.3. The fraction of sp³-hybridized carbons (Fsp3) is 0.111. The predicted molar refractivity (Wildman–Crippen MR) is 131 cm³/mol. The van der Waals surface area contributed by atoms with Gasteiger partial charge < -0.3 is 0 Å². The minimum atomic E-state index is -0.192. The highest BCUT2D eigenvalue weighted by molar-refractivity contribution is 9.10. The number of rotatable bonds is 4. The molecule has 1 aromatic heterocycles. The standard InChI is InChI=1S/C27H22BrN3O/c1-19-18-26(30-27(29-19)22-12-14-23(28)15-13-22)31-24(20-8-4-2-5-9-20)16-17-25(32-31)21-10-6-3-7-11-21/h2-18,24-25H,1H3/t24-,25+/m1/s1. The molecule has 3 aromatic carbocycles. The summed E-state index contributed by atoms with van der Waals surface area (Å²) in [4.78, 5) is 16.1. The molecular weight excluding hydrogens is 462 g/mol. The molecular formula is C27H22BrN3O. The van der Waals surface area contributed by atoms with Crippen LogP contribution in [0.1, 0.15) is 29.0 Å². The molecule has 0 fully saturated rings. The minimum absolute atomic E-state index is 0.0942. The fourth-order valence-corrected chi connectivity index (χ4v) is 4.07. The van der Waals surface area contributed by atoms with Gasteiger partial charge in [-0.3, -0.25) is 4.84 Å². The summed E-state index contributed by atoms with van der Waals surface area (Å²) in [7, 11) is 0. The van der Waals surface area contributed by atoms with Gasteiger partial charge in [-0.1, -0.05) is 101 Å². The number of hydrogen-bond donors (Lipinski definition) is 0. The first kappa shape index (κ1) is 20.6. The molecule has 4 aromatic rings. The highest BCUT2D eigenvalue weighted by Gasteiger charge is 2.29. The van der Waals surface area contributed by atoms with Crippen molar-refractivity contribution in [3.63, 3.8) is 0 Å². The van der Waals surface area contributed by atoms with E-state index in [1.807, 2.05) is 78.7 Å². The van der Waals surface area contributed by atoms with E-state index in [2.05, 4.69) is 57.3 Å². The van der Waals surface area contributed by atoms with E-state index in [0.717, 1.165) is 32.7 Å². The van der Waals surface area contributed by atoms with Crippen molar-refractivity contribution in [2.24, 2.45) is 0 Å². The smallest absolute Gasteiger partial charge is 0.161 e. The number of nitrogens with zero attached hydrogens (tertiary/aromatic N) is 3. The molecule has 1 aliphatic heterocycles. The Morgan fingerprint density at radius 1 is 0.781 bits per heavy atom. The zero-order valence-electron chi connectivity index (χ0n) is 17.6. The molecule has 0 saturated carbocycles. The average Bonchev–Trinajstić information content (AvgIpc) is 2.85. The van der Waals surface area contributed by atoms with Gasteiger partial charge in [0, 0.05) is 21.8 Å². The maximum Gasteiger partial charge on any atom is 0.161 e. The maximum absolute atomic E-state index is 6.54. The molecule has 0 saturated heterocycles. The Hall–Kier alpha value is -3.28. The Balaban J connectivity index is 1.58. The van der Waals surface area contributed by atoms with Crippen LogP contribution in [-0.2, 0) is 4.84 Å². The van der Waals surface area contributed by atoms with Crippen molar-refractivity contribution in [1.29, 1.82) is 0 Å². The summed E-state index contributed by atoms with van der Waals surface area (Å²) in [6.45, 7) is 1.99. The van der Waals surface area contributed by atoms with E-state index in [9.17, 15) is 0 Å². The molecule has 0 bridgehead atoms. The van der Waals surface area contributed by atoms with Crippen LogP contribution < -0.4 is 5.06 Å². The zero-order valence-corrected chi connectivity index (χ0v) is 19.2. The van der Waals surface area contributed by atoms with Crippen LogP contribution in [0.4, 0.5) is 5.82 Å². The van der Waals surface area contributed by atoms with Crippen LogP contribution in [0.5, 0.6) is 0 Å². The molecule has 0 amide bonds. The lowest BCUT2D eigenvalue weighted by atomic mass is 10.0. The normalized spacial score (nSPS) is 18.0. The van der Waals surface area contributed by atoms with Gasteiger partial charge in [0.25, 0.3) is 0 Å². The highest BCUT2D eigenvalue weighted by atomic mass is 79.9. The van der Waals surface area contributed by atoms with Crippen molar-refractivity contribution in [3.8, 4) is 11.4 Å². The van der Waals surface area contributed by atoms with Gasteiger partial charge in [0.15, 0.2) is 11.6 Å². The summed E-state index contributed by atoms with van der Waals surface area (Å²) in [6.07, 6.45) is 4.11. The van der Waals surface area contributed by atoms with Crippen LogP contribution in [0.25, 0.3) is 11.4 Å². The Morgan fingerprint density at radius 3 is 2.12 bits per heavy atom. The second-order valence-electron chi connectivity index (χ2n) is 7.70. The van der Waals surface area contributed by atoms with E-state index in [4.69, 9.17) is 9.82 Å². The predicted octanol–water partition coefficient (Wildman–Crippen LogP) is 7.00. The number of hydroxylamine groups is 1. The Kier molecular flexibility index (Phi) is 5.84. The van der Waals surface area contributed by atoms with Crippen LogP contribution >= 0.6 is 15.9 Å². The van der Waals surface area contributed by atoms with Crippen LogP contribution in [0.3, 0.4) is 0 Å². The van der Waals surface area contributed by atoms with Gasteiger partial charge in [-0.2, -0.15) is 0 Å².